The van der Waals surface area contributed by atoms with Crippen molar-refractivity contribution in [2.24, 2.45) is 0 Å². The molecule has 2 aromatic carbocycles. The number of nitrogens with one attached hydrogen (secondary N) is 1. The largest absolute Gasteiger partial charge is 0.507 e. The van der Waals surface area contributed by atoms with Gasteiger partial charge in [-0.3, -0.25) is 14.5 Å². The zero-order valence-corrected chi connectivity index (χ0v) is 21.9. The minimum absolute atomic E-state index is 0.0187. The number of hydrogen-bond donors (Lipinski definition) is 2. The number of para-hydroxylation sites is 1. The molecule has 2 heterocycles. The van der Waals surface area contributed by atoms with E-state index in [0.29, 0.717) is 36.2 Å². The van der Waals surface area contributed by atoms with Crippen molar-refractivity contribution in [1.82, 2.24) is 14.8 Å². The lowest BCUT2D eigenvalue weighted by atomic mass is 9.96. The van der Waals surface area contributed by atoms with E-state index in [4.69, 9.17) is 0 Å². The molecular weight excluding hydrogens is 450 g/mol. The fraction of sp³-hybridized carbons (Fsp3) is 0.467. The molecule has 4 rings (SSSR count). The molecule has 0 radical (unpaired) electrons. The first kappa shape index (κ1) is 26.0. The Morgan fingerprint density at radius 1 is 1.03 bits per heavy atom. The van der Waals surface area contributed by atoms with Crippen molar-refractivity contribution in [3.63, 3.8) is 0 Å². The molecule has 1 aromatic heterocycles. The third-order valence-electron chi connectivity index (χ3n) is 7.33. The Morgan fingerprint density at radius 3 is 2.42 bits per heavy atom. The Kier molecular flexibility index (Phi) is 8.47. The highest BCUT2D eigenvalue weighted by atomic mass is 16.3. The molecular formula is C30H39N3O3. The summed E-state index contributed by atoms with van der Waals surface area (Å²) in [5.74, 6) is -0.208. The normalized spacial score (nSPS) is 14.3. The molecule has 0 spiro atoms. The van der Waals surface area contributed by atoms with Crippen LogP contribution >= 0.6 is 0 Å². The first-order chi connectivity index (χ1) is 17.5. The number of Topliss-reactive ketones (excluding diaryl/α,β-unsaturated/α-hetero) is 1. The molecule has 0 saturated carbocycles. The first-order valence-corrected chi connectivity index (χ1v) is 13.5. The first-order valence-electron chi connectivity index (χ1n) is 13.5. The number of piperidine rings is 1. The number of hydrogen-bond acceptors (Lipinski definition) is 4. The summed E-state index contributed by atoms with van der Waals surface area (Å²) in [6, 6.07) is 11.7. The van der Waals surface area contributed by atoms with Crippen LogP contribution < -0.4 is 5.32 Å². The number of carbonyl (C=O) groups excluding carboxylic acids is 2. The van der Waals surface area contributed by atoms with Crippen molar-refractivity contribution in [2.45, 2.75) is 72.3 Å². The van der Waals surface area contributed by atoms with Crippen LogP contribution in [0, 0.1) is 6.92 Å². The van der Waals surface area contributed by atoms with Gasteiger partial charge < -0.3 is 15.0 Å². The van der Waals surface area contributed by atoms with Crippen LogP contribution in [0.25, 0.3) is 16.6 Å². The molecule has 36 heavy (non-hydrogen) atoms. The molecule has 1 saturated heterocycles. The molecule has 0 aliphatic carbocycles. The number of ketones is 1. The van der Waals surface area contributed by atoms with Crippen LogP contribution in [0.5, 0.6) is 5.75 Å². The summed E-state index contributed by atoms with van der Waals surface area (Å²) >= 11 is 0. The standard InChI is InChI=1S/C30H39N3O3/c1-4-6-11-16-31-30(36)27-21(3)33(22-14-9-7-10-15-22)25-19-23(26(34)5-2)29(35)24(28(25)27)20-32-17-12-8-13-18-32/h7,9-10,14-15,19,35H,4-6,8,11-13,16-18,20H2,1-3H3,(H,31,36). The molecule has 6 nitrogen and oxygen atoms in total. The highest BCUT2D eigenvalue weighted by Gasteiger charge is 2.28. The van der Waals surface area contributed by atoms with Gasteiger partial charge in [-0.05, 0) is 57.5 Å². The highest BCUT2D eigenvalue weighted by molar-refractivity contribution is 6.13. The average Bonchev–Trinajstić information content (AvgIpc) is 3.20. The maximum atomic E-state index is 13.6. The zero-order valence-electron chi connectivity index (χ0n) is 21.9. The van der Waals surface area contributed by atoms with Crippen LogP contribution in [0.1, 0.15) is 90.8 Å². The Balaban J connectivity index is 1.96. The zero-order chi connectivity index (χ0) is 25.7. The van der Waals surface area contributed by atoms with E-state index >= 15 is 0 Å². The highest BCUT2D eigenvalue weighted by Crippen LogP contribution is 2.39. The minimum Gasteiger partial charge on any atom is -0.507 e. The van der Waals surface area contributed by atoms with Gasteiger partial charge in [0.1, 0.15) is 5.75 Å². The number of amides is 1. The Hall–Kier alpha value is -3.12. The summed E-state index contributed by atoms with van der Waals surface area (Å²) in [6.45, 7) is 8.94. The van der Waals surface area contributed by atoms with Gasteiger partial charge in [0.2, 0.25) is 0 Å². The van der Waals surface area contributed by atoms with Gasteiger partial charge in [0.15, 0.2) is 5.78 Å². The van der Waals surface area contributed by atoms with Gasteiger partial charge in [-0.15, -0.1) is 0 Å². The molecule has 192 valence electrons. The summed E-state index contributed by atoms with van der Waals surface area (Å²) in [5, 5.41) is 15.3. The van der Waals surface area contributed by atoms with Crippen LogP contribution in [0.4, 0.5) is 0 Å². The van der Waals surface area contributed by atoms with E-state index in [1.54, 1.807) is 6.07 Å². The van der Waals surface area contributed by atoms with Crippen molar-refractivity contribution in [3.8, 4) is 11.4 Å². The number of fused-ring (bicyclic) bond motifs is 1. The van der Waals surface area contributed by atoms with Gasteiger partial charge in [0.25, 0.3) is 5.91 Å². The molecule has 0 unspecified atom stereocenters. The Labute approximate surface area is 214 Å². The Morgan fingerprint density at radius 2 is 1.75 bits per heavy atom. The lowest BCUT2D eigenvalue weighted by molar-refractivity contribution is 0.0952. The monoisotopic (exact) mass is 489 g/mol. The van der Waals surface area contributed by atoms with E-state index in [0.717, 1.165) is 67.5 Å². The third kappa shape index (κ3) is 5.19. The smallest absolute Gasteiger partial charge is 0.253 e. The summed E-state index contributed by atoms with van der Waals surface area (Å²) in [4.78, 5) is 28.9. The lowest BCUT2D eigenvalue weighted by Crippen LogP contribution is -2.29. The van der Waals surface area contributed by atoms with E-state index in [-0.39, 0.29) is 17.4 Å². The number of phenols is 1. The predicted molar refractivity (Wildman–Crippen MR) is 145 cm³/mol. The fourth-order valence-corrected chi connectivity index (χ4v) is 5.39. The predicted octanol–water partition coefficient (Wildman–Crippen LogP) is 6.14. The average molecular weight is 490 g/mol. The second-order valence-electron chi connectivity index (χ2n) is 9.85. The fourth-order valence-electron chi connectivity index (χ4n) is 5.39. The van der Waals surface area contributed by atoms with Gasteiger partial charge in [-0.25, -0.2) is 0 Å². The topological polar surface area (TPSA) is 74.6 Å². The van der Waals surface area contributed by atoms with Crippen molar-refractivity contribution in [1.29, 1.82) is 0 Å². The number of aromatic nitrogens is 1. The lowest BCUT2D eigenvalue weighted by Gasteiger charge is -2.27. The molecule has 3 aromatic rings. The van der Waals surface area contributed by atoms with Crippen molar-refractivity contribution in [3.05, 3.63) is 58.8 Å². The Bertz CT molecular complexity index is 1220. The van der Waals surface area contributed by atoms with Crippen LogP contribution in [0.15, 0.2) is 36.4 Å². The number of carbonyl (C=O) groups is 2. The molecule has 2 N–H and O–H groups in total. The van der Waals surface area contributed by atoms with E-state index in [1.165, 1.54) is 6.42 Å². The molecule has 1 aliphatic heterocycles. The number of aromatic hydroxyl groups is 1. The minimum atomic E-state index is -0.128. The van der Waals surface area contributed by atoms with Crippen LogP contribution in [0.3, 0.4) is 0 Å². The molecule has 0 atom stereocenters. The second kappa shape index (κ2) is 11.7. The van der Waals surface area contributed by atoms with Crippen molar-refractivity contribution < 1.29 is 14.7 Å². The number of nitrogens with zero attached hydrogens (tertiary/aromatic N) is 2. The van der Waals surface area contributed by atoms with E-state index < -0.39 is 0 Å². The SMILES string of the molecule is CCCCCNC(=O)c1c(C)n(-c2ccccc2)c2cc(C(=O)CC)c(O)c(CN3CCCCC3)c12. The van der Waals surface area contributed by atoms with Crippen molar-refractivity contribution in [2.75, 3.05) is 19.6 Å². The van der Waals surface area contributed by atoms with Crippen molar-refractivity contribution >= 4 is 22.6 Å². The number of rotatable bonds is 10. The molecule has 0 bridgehead atoms. The van der Waals surface area contributed by atoms with Crippen LogP contribution in [0.2, 0.25) is 0 Å². The summed E-state index contributed by atoms with van der Waals surface area (Å²) in [7, 11) is 0. The van der Waals surface area contributed by atoms with E-state index in [2.05, 4.69) is 21.7 Å². The maximum Gasteiger partial charge on any atom is 0.253 e. The summed E-state index contributed by atoms with van der Waals surface area (Å²) in [5.41, 5.74) is 4.13. The maximum absolute atomic E-state index is 13.6. The third-order valence-corrected chi connectivity index (χ3v) is 7.33. The molecule has 1 amide bonds. The number of phenolic OH excluding ortho intramolecular Hbond substituents is 1. The van der Waals surface area contributed by atoms with Gasteiger partial charge in [-0.2, -0.15) is 0 Å². The number of likely N-dealkylation sites (tertiary alicyclic amines) is 1. The van der Waals surface area contributed by atoms with Gasteiger partial charge >= 0.3 is 0 Å². The van der Waals surface area contributed by atoms with E-state index in [1.807, 2.05) is 44.2 Å². The van der Waals surface area contributed by atoms with Gasteiger partial charge in [0, 0.05) is 41.8 Å². The van der Waals surface area contributed by atoms with Crippen LogP contribution in [-0.4, -0.2) is 45.9 Å². The van der Waals surface area contributed by atoms with Crippen LogP contribution in [-0.2, 0) is 6.54 Å². The quantitative estimate of drug-likeness (QED) is 0.265. The molecule has 1 fully saturated rings. The van der Waals surface area contributed by atoms with Gasteiger partial charge in [0.05, 0.1) is 16.6 Å². The second-order valence-corrected chi connectivity index (χ2v) is 9.85. The van der Waals surface area contributed by atoms with Gasteiger partial charge in [-0.1, -0.05) is 51.3 Å². The van der Waals surface area contributed by atoms with E-state index in [9.17, 15) is 14.7 Å². The number of benzene rings is 2. The molecule has 6 heteroatoms. The summed E-state index contributed by atoms with van der Waals surface area (Å²) < 4.78 is 2.06. The molecule has 1 aliphatic rings. The summed E-state index contributed by atoms with van der Waals surface area (Å²) in [6.07, 6.45) is 6.83. The number of unbranched alkanes of at least 4 members (excludes halogenated alkanes) is 2.